The highest BCUT2D eigenvalue weighted by Gasteiger charge is 2.10. The second kappa shape index (κ2) is 5.14. The Bertz CT molecular complexity index is 544. The van der Waals surface area contributed by atoms with E-state index in [1.807, 2.05) is 0 Å². The van der Waals surface area contributed by atoms with E-state index in [-0.39, 0.29) is 5.76 Å². The smallest absolute Gasteiger partial charge is 0.406 e. The molecule has 0 fully saturated rings. The summed E-state index contributed by atoms with van der Waals surface area (Å²) < 4.78 is 6.70. The third-order valence-corrected chi connectivity index (χ3v) is 2.76. The number of hydrogen-bond acceptors (Lipinski definition) is 4. The zero-order valence-corrected chi connectivity index (χ0v) is 10.1. The minimum atomic E-state index is -0.331. The van der Waals surface area contributed by atoms with Gasteiger partial charge in [-0.15, -0.1) is 0 Å². The lowest BCUT2D eigenvalue weighted by Gasteiger charge is -2.11. The Morgan fingerprint density at radius 1 is 1.59 bits per heavy atom. The van der Waals surface area contributed by atoms with E-state index in [0.29, 0.717) is 23.8 Å². The van der Waals surface area contributed by atoms with Gasteiger partial charge in [-0.25, -0.2) is 9.78 Å². The monoisotopic (exact) mass is 235 g/mol. The van der Waals surface area contributed by atoms with Crippen molar-refractivity contribution in [2.45, 2.75) is 32.9 Å². The van der Waals surface area contributed by atoms with E-state index < -0.39 is 0 Å². The first-order chi connectivity index (χ1) is 8.22. The first-order valence-electron chi connectivity index (χ1n) is 5.90. The average Bonchev–Trinajstić information content (AvgIpc) is 2.62. The fraction of sp³-hybridized carbons (Fsp3) is 0.500. The molecule has 1 N–H and O–H groups in total. The van der Waals surface area contributed by atoms with Crippen LogP contribution in [0.5, 0.6) is 0 Å². The van der Waals surface area contributed by atoms with Gasteiger partial charge in [-0.3, -0.25) is 4.57 Å². The first kappa shape index (κ1) is 11.9. The summed E-state index contributed by atoms with van der Waals surface area (Å²) in [5, 5.41) is 3.31. The van der Waals surface area contributed by atoms with Crippen molar-refractivity contribution in [2.24, 2.45) is 0 Å². The summed E-state index contributed by atoms with van der Waals surface area (Å²) in [7, 11) is 0. The van der Waals surface area contributed by atoms with Crippen LogP contribution in [0.3, 0.4) is 0 Å². The van der Waals surface area contributed by atoms with Crippen LogP contribution in [0, 0.1) is 0 Å². The molecule has 0 saturated heterocycles. The number of oxazole rings is 1. The minimum absolute atomic E-state index is 0.331. The quantitative estimate of drug-likeness (QED) is 0.850. The molecule has 0 amide bonds. The fourth-order valence-electron chi connectivity index (χ4n) is 1.87. The molecule has 0 bridgehead atoms. The van der Waals surface area contributed by atoms with Gasteiger partial charge in [-0.1, -0.05) is 6.92 Å². The lowest BCUT2D eigenvalue weighted by atomic mass is 10.2. The van der Waals surface area contributed by atoms with Crippen LogP contribution in [-0.4, -0.2) is 22.1 Å². The number of nitrogens with zero attached hydrogens (tertiary/aromatic N) is 2. The van der Waals surface area contributed by atoms with E-state index in [9.17, 15) is 4.79 Å². The van der Waals surface area contributed by atoms with Gasteiger partial charge in [0.25, 0.3) is 0 Å². The maximum Gasteiger partial charge on any atom is 0.421 e. The van der Waals surface area contributed by atoms with Crippen LogP contribution < -0.4 is 11.1 Å². The summed E-state index contributed by atoms with van der Waals surface area (Å²) in [6.45, 7) is 5.72. The van der Waals surface area contributed by atoms with E-state index in [1.165, 1.54) is 0 Å². The van der Waals surface area contributed by atoms with Crippen molar-refractivity contribution >= 4 is 11.2 Å². The Balaban J connectivity index is 2.18. The molecule has 2 rings (SSSR count). The Hall–Kier alpha value is -1.62. The van der Waals surface area contributed by atoms with Gasteiger partial charge in [-0.2, -0.15) is 0 Å². The number of hydrogen-bond donors (Lipinski definition) is 1. The second-order valence-electron chi connectivity index (χ2n) is 4.09. The number of pyridine rings is 1. The summed E-state index contributed by atoms with van der Waals surface area (Å²) in [6, 6.07) is 3.89. The molecule has 0 spiro atoms. The molecule has 0 aromatic carbocycles. The van der Waals surface area contributed by atoms with Crippen molar-refractivity contribution in [3.63, 3.8) is 0 Å². The highest BCUT2D eigenvalue weighted by Crippen LogP contribution is 2.09. The standard InChI is InChI=1S/C12H17N3O2/c1-3-13-9(2)6-8-15-11-10(17-12(15)16)5-4-7-14-11/h4-5,7,9,13H,3,6,8H2,1-2H3. The molecular formula is C12H17N3O2. The maximum atomic E-state index is 11.6. The summed E-state index contributed by atoms with van der Waals surface area (Å²) in [5.41, 5.74) is 1.18. The van der Waals surface area contributed by atoms with Crippen molar-refractivity contribution in [3.05, 3.63) is 28.9 Å². The summed E-state index contributed by atoms with van der Waals surface area (Å²) >= 11 is 0. The van der Waals surface area contributed by atoms with Crippen LogP contribution >= 0.6 is 0 Å². The van der Waals surface area contributed by atoms with E-state index in [1.54, 1.807) is 22.9 Å². The Labute approximate surface area is 99.5 Å². The van der Waals surface area contributed by atoms with Crippen LogP contribution in [0.1, 0.15) is 20.3 Å². The number of fused-ring (bicyclic) bond motifs is 1. The van der Waals surface area contributed by atoms with Gasteiger partial charge < -0.3 is 9.73 Å². The van der Waals surface area contributed by atoms with Gasteiger partial charge >= 0.3 is 5.76 Å². The van der Waals surface area contributed by atoms with Gasteiger partial charge in [-0.05, 0) is 32.0 Å². The highest BCUT2D eigenvalue weighted by molar-refractivity contribution is 5.67. The third kappa shape index (κ3) is 2.55. The Kier molecular flexibility index (Phi) is 3.58. The highest BCUT2D eigenvalue weighted by atomic mass is 16.4. The molecule has 5 heteroatoms. The van der Waals surface area contributed by atoms with Gasteiger partial charge in [0.2, 0.25) is 0 Å². The van der Waals surface area contributed by atoms with Gasteiger partial charge in [0, 0.05) is 18.8 Å². The molecule has 0 radical (unpaired) electrons. The number of rotatable bonds is 5. The van der Waals surface area contributed by atoms with Gasteiger partial charge in [0.15, 0.2) is 11.2 Å². The van der Waals surface area contributed by atoms with E-state index in [4.69, 9.17) is 4.42 Å². The van der Waals surface area contributed by atoms with Crippen molar-refractivity contribution < 1.29 is 4.42 Å². The van der Waals surface area contributed by atoms with Crippen LogP contribution in [0.4, 0.5) is 0 Å². The molecule has 2 aromatic heterocycles. The molecule has 2 heterocycles. The van der Waals surface area contributed by atoms with Crippen molar-refractivity contribution in [2.75, 3.05) is 6.54 Å². The molecular weight excluding hydrogens is 218 g/mol. The molecule has 0 saturated carbocycles. The molecule has 1 unspecified atom stereocenters. The molecule has 0 aliphatic heterocycles. The largest absolute Gasteiger partial charge is 0.421 e. The second-order valence-corrected chi connectivity index (χ2v) is 4.09. The maximum absolute atomic E-state index is 11.6. The molecule has 5 nitrogen and oxygen atoms in total. The van der Waals surface area contributed by atoms with Crippen molar-refractivity contribution in [3.8, 4) is 0 Å². The molecule has 17 heavy (non-hydrogen) atoms. The molecule has 92 valence electrons. The summed E-state index contributed by atoms with van der Waals surface area (Å²) in [4.78, 5) is 15.8. The van der Waals surface area contributed by atoms with Crippen molar-refractivity contribution in [1.82, 2.24) is 14.9 Å². The zero-order chi connectivity index (χ0) is 12.3. The van der Waals surface area contributed by atoms with Gasteiger partial charge in [0.1, 0.15) is 0 Å². The third-order valence-electron chi connectivity index (χ3n) is 2.76. The predicted octanol–water partition coefficient (Wildman–Crippen LogP) is 1.38. The van der Waals surface area contributed by atoms with Crippen LogP contribution in [-0.2, 0) is 6.54 Å². The van der Waals surface area contributed by atoms with Crippen LogP contribution in [0.2, 0.25) is 0 Å². The number of nitrogens with one attached hydrogen (secondary N) is 1. The van der Waals surface area contributed by atoms with Gasteiger partial charge in [0.05, 0.1) is 0 Å². The lowest BCUT2D eigenvalue weighted by molar-refractivity contribution is 0.454. The van der Waals surface area contributed by atoms with E-state index in [2.05, 4.69) is 24.1 Å². The molecule has 0 aliphatic rings. The molecule has 0 aliphatic carbocycles. The topological polar surface area (TPSA) is 60.1 Å². The van der Waals surface area contributed by atoms with E-state index in [0.717, 1.165) is 13.0 Å². The first-order valence-corrected chi connectivity index (χ1v) is 5.90. The molecule has 2 aromatic rings. The lowest BCUT2D eigenvalue weighted by Crippen LogP contribution is -2.28. The molecule has 1 atom stereocenters. The number of aromatic nitrogens is 2. The summed E-state index contributed by atoms with van der Waals surface area (Å²) in [5.74, 6) is -0.331. The average molecular weight is 235 g/mol. The normalized spacial score (nSPS) is 13.1. The SMILES string of the molecule is CCNC(C)CCn1c(=O)oc2cccnc21. The minimum Gasteiger partial charge on any atom is -0.406 e. The summed E-state index contributed by atoms with van der Waals surface area (Å²) in [6.07, 6.45) is 2.54. The Morgan fingerprint density at radius 3 is 3.18 bits per heavy atom. The zero-order valence-electron chi connectivity index (χ0n) is 10.1. The van der Waals surface area contributed by atoms with Crippen LogP contribution in [0.25, 0.3) is 11.2 Å². The fourth-order valence-corrected chi connectivity index (χ4v) is 1.87. The van der Waals surface area contributed by atoms with Crippen molar-refractivity contribution in [1.29, 1.82) is 0 Å². The Morgan fingerprint density at radius 2 is 2.41 bits per heavy atom. The van der Waals surface area contributed by atoms with E-state index >= 15 is 0 Å². The number of aryl methyl sites for hydroxylation is 1. The predicted molar refractivity (Wildman–Crippen MR) is 66.0 cm³/mol. The van der Waals surface area contributed by atoms with Crippen LogP contribution in [0.15, 0.2) is 27.5 Å².